The molecule has 0 aliphatic rings. The van der Waals surface area contributed by atoms with Crippen LogP contribution in [-0.2, 0) is 0 Å². The van der Waals surface area contributed by atoms with Crippen molar-refractivity contribution < 1.29 is 4.42 Å². The fraction of sp³-hybridized carbons (Fsp3) is 0. The third-order valence-electron chi connectivity index (χ3n) is 10.1. The smallest absolute Gasteiger partial charge is 0.160 e. The predicted molar refractivity (Wildman–Crippen MR) is 217 cm³/mol. The van der Waals surface area contributed by atoms with Crippen LogP contribution in [0.2, 0.25) is 0 Å². The molecule has 0 aliphatic heterocycles. The molecule has 4 nitrogen and oxygen atoms in total. The summed E-state index contributed by atoms with van der Waals surface area (Å²) < 4.78 is 8.94. The van der Waals surface area contributed by atoms with E-state index in [4.69, 9.17) is 19.4 Å². The zero-order chi connectivity index (χ0) is 34.2. The molecule has 0 amide bonds. The maximum Gasteiger partial charge on any atom is 0.160 e. The van der Waals surface area contributed by atoms with Gasteiger partial charge in [-0.3, -0.25) is 0 Å². The molecule has 0 saturated carbocycles. The Morgan fingerprint density at radius 1 is 0.385 bits per heavy atom. The van der Waals surface area contributed by atoms with Gasteiger partial charge in [0.15, 0.2) is 5.82 Å². The third kappa shape index (κ3) is 4.57. The molecule has 0 unspecified atom stereocenters. The molecule has 242 valence electrons. The van der Waals surface area contributed by atoms with E-state index in [1.165, 1.54) is 20.2 Å². The lowest BCUT2D eigenvalue weighted by molar-refractivity contribution is 0.669. The van der Waals surface area contributed by atoms with Gasteiger partial charge in [0.05, 0.1) is 22.6 Å². The van der Waals surface area contributed by atoms with Crippen molar-refractivity contribution in [1.29, 1.82) is 0 Å². The Hall–Kier alpha value is -6.69. The minimum Gasteiger partial charge on any atom is -0.456 e. The van der Waals surface area contributed by atoms with Gasteiger partial charge >= 0.3 is 0 Å². The van der Waals surface area contributed by atoms with E-state index in [1.54, 1.807) is 0 Å². The van der Waals surface area contributed by atoms with E-state index in [2.05, 4.69) is 127 Å². The van der Waals surface area contributed by atoms with Gasteiger partial charge in [0.1, 0.15) is 11.2 Å². The van der Waals surface area contributed by atoms with Gasteiger partial charge in [-0.05, 0) is 48.5 Å². The lowest BCUT2D eigenvalue weighted by Crippen LogP contribution is -1.96. The first-order chi connectivity index (χ1) is 25.7. The first-order valence-electron chi connectivity index (χ1n) is 17.3. The lowest BCUT2D eigenvalue weighted by Gasteiger charge is -2.13. The van der Waals surface area contributed by atoms with Crippen LogP contribution in [0, 0.1) is 0 Å². The van der Waals surface area contributed by atoms with Gasteiger partial charge in [-0.2, -0.15) is 0 Å². The van der Waals surface area contributed by atoms with Crippen LogP contribution >= 0.6 is 11.3 Å². The number of furan rings is 1. The Morgan fingerprint density at radius 2 is 1.04 bits per heavy atom. The Morgan fingerprint density at radius 3 is 1.87 bits per heavy atom. The highest BCUT2D eigenvalue weighted by molar-refractivity contribution is 7.25. The minimum atomic E-state index is 0.690. The molecule has 11 rings (SSSR count). The summed E-state index contributed by atoms with van der Waals surface area (Å²) in [5.41, 5.74) is 9.45. The highest BCUT2D eigenvalue weighted by Gasteiger charge is 2.19. The highest BCUT2D eigenvalue weighted by Crippen LogP contribution is 2.43. The number of rotatable bonds is 4. The number of fused-ring (bicyclic) bond motifs is 10. The van der Waals surface area contributed by atoms with Crippen molar-refractivity contribution >= 4 is 75.1 Å². The number of para-hydroxylation sites is 1. The number of hydrogen-bond acceptors (Lipinski definition) is 5. The van der Waals surface area contributed by atoms with Crippen molar-refractivity contribution in [2.24, 2.45) is 0 Å². The Kier molecular flexibility index (Phi) is 6.39. The summed E-state index contributed by atoms with van der Waals surface area (Å²) >= 11 is 1.82. The Bertz CT molecular complexity index is 3180. The monoisotopic (exact) mass is 681 g/mol. The normalized spacial score (nSPS) is 11.8. The maximum atomic E-state index is 6.41. The van der Waals surface area contributed by atoms with Crippen molar-refractivity contribution in [3.05, 3.63) is 164 Å². The largest absolute Gasteiger partial charge is 0.456 e. The molecule has 0 fully saturated rings. The first kappa shape index (κ1) is 29.1. The van der Waals surface area contributed by atoms with Crippen LogP contribution < -0.4 is 0 Å². The molecule has 7 aromatic carbocycles. The van der Waals surface area contributed by atoms with Gasteiger partial charge in [-0.1, -0.05) is 115 Å². The molecule has 0 atom stereocenters. The second-order valence-corrected chi connectivity index (χ2v) is 14.2. The molecule has 0 spiro atoms. The van der Waals surface area contributed by atoms with Crippen molar-refractivity contribution in [3.63, 3.8) is 0 Å². The fourth-order valence-electron chi connectivity index (χ4n) is 7.63. The van der Waals surface area contributed by atoms with E-state index in [1.807, 2.05) is 47.7 Å². The maximum absolute atomic E-state index is 6.41. The molecule has 5 heteroatoms. The molecule has 4 aromatic heterocycles. The summed E-state index contributed by atoms with van der Waals surface area (Å²) in [5, 5.41) is 8.00. The summed E-state index contributed by atoms with van der Waals surface area (Å²) in [7, 11) is 0. The van der Waals surface area contributed by atoms with E-state index >= 15 is 0 Å². The van der Waals surface area contributed by atoms with Crippen molar-refractivity contribution in [1.82, 2.24) is 15.0 Å². The minimum absolute atomic E-state index is 0.690. The van der Waals surface area contributed by atoms with E-state index in [0.29, 0.717) is 5.82 Å². The molecular formula is C47H27N3OS. The average molecular weight is 682 g/mol. The van der Waals surface area contributed by atoms with Crippen LogP contribution in [0.3, 0.4) is 0 Å². The topological polar surface area (TPSA) is 51.8 Å². The number of nitrogens with zero attached hydrogens (tertiary/aromatic N) is 3. The molecule has 52 heavy (non-hydrogen) atoms. The number of benzene rings is 7. The number of hydrogen-bond donors (Lipinski definition) is 0. The first-order valence-corrected chi connectivity index (χ1v) is 18.2. The zero-order valence-electron chi connectivity index (χ0n) is 27.7. The van der Waals surface area contributed by atoms with Gasteiger partial charge in [0.25, 0.3) is 0 Å². The second-order valence-electron chi connectivity index (χ2n) is 13.2. The summed E-state index contributed by atoms with van der Waals surface area (Å²) in [4.78, 5) is 15.7. The van der Waals surface area contributed by atoms with Gasteiger partial charge in [-0.15, -0.1) is 11.3 Å². The molecule has 0 saturated heterocycles. The average Bonchev–Trinajstić information content (AvgIpc) is 3.79. The Labute approximate surface area is 302 Å². The summed E-state index contributed by atoms with van der Waals surface area (Å²) in [6.45, 7) is 0. The van der Waals surface area contributed by atoms with Crippen LogP contribution in [0.15, 0.2) is 168 Å². The molecule has 0 N–H and O–H groups in total. The van der Waals surface area contributed by atoms with E-state index in [9.17, 15) is 0 Å². The number of aromatic nitrogens is 3. The fourth-order valence-corrected chi connectivity index (χ4v) is 8.77. The molecule has 0 bridgehead atoms. The van der Waals surface area contributed by atoms with Crippen LogP contribution in [0.5, 0.6) is 0 Å². The zero-order valence-corrected chi connectivity index (χ0v) is 28.6. The predicted octanol–water partition coefficient (Wildman–Crippen LogP) is 13.1. The second kappa shape index (κ2) is 11.4. The van der Waals surface area contributed by atoms with Crippen LogP contribution in [0.4, 0.5) is 0 Å². The molecule has 4 heterocycles. The van der Waals surface area contributed by atoms with Gasteiger partial charge in [-0.25, -0.2) is 15.0 Å². The summed E-state index contributed by atoms with van der Waals surface area (Å²) in [6.07, 6.45) is 0. The van der Waals surface area contributed by atoms with Crippen molar-refractivity contribution in [3.8, 4) is 45.2 Å². The molecular weight excluding hydrogens is 655 g/mol. The SMILES string of the molecule is c1ccc(-c2nc(-c3ccc4c(c3)sc3ccccc34)cc(-c3ccc4nc(-c5ccccc5)c5ccc6oc7ccccc7c6c5c4c3)n2)cc1. The van der Waals surface area contributed by atoms with E-state index in [0.717, 1.165) is 82.9 Å². The van der Waals surface area contributed by atoms with Gasteiger partial charge in [0.2, 0.25) is 0 Å². The summed E-state index contributed by atoms with van der Waals surface area (Å²) in [6, 6.07) is 57.1. The van der Waals surface area contributed by atoms with Crippen LogP contribution in [0.1, 0.15) is 0 Å². The third-order valence-corrected chi connectivity index (χ3v) is 11.2. The Balaban J connectivity index is 1.18. The molecule has 0 aliphatic carbocycles. The van der Waals surface area contributed by atoms with Crippen LogP contribution in [-0.4, -0.2) is 15.0 Å². The van der Waals surface area contributed by atoms with E-state index in [-0.39, 0.29) is 0 Å². The highest BCUT2D eigenvalue weighted by atomic mass is 32.1. The van der Waals surface area contributed by atoms with Crippen molar-refractivity contribution in [2.45, 2.75) is 0 Å². The number of pyridine rings is 1. The lowest BCUT2D eigenvalue weighted by atomic mass is 9.95. The van der Waals surface area contributed by atoms with Crippen molar-refractivity contribution in [2.75, 3.05) is 0 Å². The summed E-state index contributed by atoms with van der Waals surface area (Å²) in [5.74, 6) is 0.690. The standard InChI is InChI=1S/C47H27N3OS/c1-3-11-28(12-4-1)46-35-22-24-41-45(34-16-7-9-17-40(34)51-41)44(35)36-25-30(20-23-37(36)48-46)38-27-39(50-47(49-38)29-13-5-2-6-14-29)31-19-21-33-32-15-8-10-18-42(32)52-43(33)26-31/h1-27H. The molecule has 11 aromatic rings. The number of thiophene rings is 1. The molecule has 0 radical (unpaired) electrons. The van der Waals surface area contributed by atoms with Crippen LogP contribution in [0.25, 0.3) is 109 Å². The quantitative estimate of drug-likeness (QED) is 0.174. The van der Waals surface area contributed by atoms with Gasteiger partial charge < -0.3 is 4.42 Å². The van der Waals surface area contributed by atoms with Gasteiger partial charge in [0, 0.05) is 69.4 Å². The van der Waals surface area contributed by atoms with E-state index < -0.39 is 0 Å².